The summed E-state index contributed by atoms with van der Waals surface area (Å²) in [6.45, 7) is 9.35. The highest BCUT2D eigenvalue weighted by atomic mass is 35.5. The van der Waals surface area contributed by atoms with Gasteiger partial charge in [-0.05, 0) is 61.0 Å². The smallest absolute Gasteiger partial charge is 0.289 e. The third-order valence-corrected chi connectivity index (χ3v) is 5.61. The fraction of sp³-hybridized carbons (Fsp3) is 0.130. The first-order valence-corrected chi connectivity index (χ1v) is 9.86. The lowest BCUT2D eigenvalue weighted by molar-refractivity contribution is 0.255. The second-order valence-corrected chi connectivity index (χ2v) is 7.74. The Morgan fingerprint density at radius 2 is 1.41 bits per heavy atom. The van der Waals surface area contributed by atoms with Crippen molar-refractivity contribution in [3.05, 3.63) is 99.8 Å². The van der Waals surface area contributed by atoms with Crippen LogP contribution in [0.2, 0.25) is 10.0 Å². The van der Waals surface area contributed by atoms with Gasteiger partial charge in [0.25, 0.3) is 0 Å². The second kappa shape index (κ2) is 7.79. The minimum absolute atomic E-state index is 0.139. The molecule has 1 aliphatic rings. The fourth-order valence-electron chi connectivity index (χ4n) is 3.79. The fourth-order valence-corrected chi connectivity index (χ4v) is 4.04. The Kier molecular flexibility index (Phi) is 5.19. The number of urea groups is 1. The maximum absolute atomic E-state index is 13.6. The van der Waals surface area contributed by atoms with Crippen molar-refractivity contribution >= 4 is 46.3 Å². The van der Waals surface area contributed by atoms with Crippen molar-refractivity contribution in [1.82, 2.24) is 0 Å². The van der Waals surface area contributed by atoms with Crippen molar-refractivity contribution in [2.75, 3.05) is 9.80 Å². The summed E-state index contributed by atoms with van der Waals surface area (Å²) in [7, 11) is 0. The molecule has 1 saturated heterocycles. The number of benzene rings is 3. The van der Waals surface area contributed by atoms with Gasteiger partial charge in [-0.2, -0.15) is 0 Å². The normalized spacial score (nSPS) is 18.8. The first kappa shape index (κ1) is 19.3. The Balaban J connectivity index is 1.84. The van der Waals surface area contributed by atoms with Gasteiger partial charge in [-0.25, -0.2) is 9.64 Å². The third kappa shape index (κ3) is 3.55. The van der Waals surface area contributed by atoms with E-state index in [-0.39, 0.29) is 18.1 Å². The summed E-state index contributed by atoms with van der Waals surface area (Å²) in [5.74, 6) is 0. The quantitative estimate of drug-likeness (QED) is 0.413. The molecular formula is C23H17Cl2N3O. The molecule has 1 heterocycles. The van der Waals surface area contributed by atoms with Gasteiger partial charge in [0.1, 0.15) is 0 Å². The van der Waals surface area contributed by atoms with Gasteiger partial charge in [0, 0.05) is 21.4 Å². The van der Waals surface area contributed by atoms with Crippen LogP contribution in [0.4, 0.5) is 21.9 Å². The van der Waals surface area contributed by atoms with Crippen LogP contribution in [0.25, 0.3) is 4.85 Å². The molecule has 6 heteroatoms. The number of halogens is 2. The number of amides is 2. The summed E-state index contributed by atoms with van der Waals surface area (Å²) in [5, 5.41) is 1.22. The lowest BCUT2D eigenvalue weighted by Crippen LogP contribution is -2.33. The lowest BCUT2D eigenvalue weighted by atomic mass is 9.99. The van der Waals surface area contributed by atoms with Gasteiger partial charge in [0.05, 0.1) is 18.7 Å². The standard InChI is InChI=1S/C23H17Cl2N3O/c1-15-22(16-4-3-5-19(14-16)26-2)28(21-12-8-18(25)9-13-21)23(29)27(15)20-10-6-17(24)7-11-20/h3-15,22H,1H3. The van der Waals surface area contributed by atoms with Crippen LogP contribution in [0, 0.1) is 6.57 Å². The SMILES string of the molecule is [C-]#[N+]c1cccc(C2C(C)N(c3ccc(Cl)cc3)C(=O)N2c2ccc(Cl)cc2)c1. The van der Waals surface area contributed by atoms with Gasteiger partial charge >= 0.3 is 6.03 Å². The van der Waals surface area contributed by atoms with Gasteiger partial charge in [-0.15, -0.1) is 0 Å². The van der Waals surface area contributed by atoms with Crippen LogP contribution < -0.4 is 9.80 Å². The van der Waals surface area contributed by atoms with Gasteiger partial charge < -0.3 is 0 Å². The first-order chi connectivity index (χ1) is 14.0. The van der Waals surface area contributed by atoms with E-state index in [9.17, 15) is 4.79 Å². The number of carbonyl (C=O) groups is 1. The zero-order valence-electron chi connectivity index (χ0n) is 15.6. The molecule has 2 unspecified atom stereocenters. The molecule has 1 fully saturated rings. The summed E-state index contributed by atoms with van der Waals surface area (Å²) >= 11 is 12.1. The van der Waals surface area contributed by atoms with Crippen molar-refractivity contribution in [3.63, 3.8) is 0 Å². The summed E-state index contributed by atoms with van der Waals surface area (Å²) in [6, 6.07) is 21.3. The number of hydrogen-bond donors (Lipinski definition) is 0. The van der Waals surface area contributed by atoms with Crippen molar-refractivity contribution < 1.29 is 4.79 Å². The van der Waals surface area contributed by atoms with Crippen LogP contribution >= 0.6 is 23.2 Å². The van der Waals surface area contributed by atoms with Gasteiger partial charge in [0.2, 0.25) is 0 Å². The molecule has 2 amide bonds. The molecule has 0 N–H and O–H groups in total. The van der Waals surface area contributed by atoms with Crippen LogP contribution in [0.5, 0.6) is 0 Å². The Labute approximate surface area is 179 Å². The van der Waals surface area contributed by atoms with E-state index in [4.69, 9.17) is 29.8 Å². The Morgan fingerprint density at radius 1 is 0.862 bits per heavy atom. The highest BCUT2D eigenvalue weighted by Gasteiger charge is 2.45. The first-order valence-electron chi connectivity index (χ1n) is 9.10. The molecule has 3 aromatic carbocycles. The molecule has 0 saturated carbocycles. The third-order valence-electron chi connectivity index (χ3n) is 5.10. The van der Waals surface area contributed by atoms with Crippen LogP contribution in [-0.4, -0.2) is 12.1 Å². The van der Waals surface area contributed by atoms with Crippen molar-refractivity contribution in [1.29, 1.82) is 0 Å². The topological polar surface area (TPSA) is 27.9 Å². The molecule has 0 spiro atoms. The van der Waals surface area contributed by atoms with E-state index in [2.05, 4.69) is 4.85 Å². The Morgan fingerprint density at radius 3 is 1.97 bits per heavy atom. The minimum atomic E-state index is -0.263. The molecule has 144 valence electrons. The molecule has 4 nitrogen and oxygen atoms in total. The van der Waals surface area contributed by atoms with Crippen molar-refractivity contribution in [2.24, 2.45) is 0 Å². The predicted octanol–water partition coefficient (Wildman–Crippen LogP) is 7.12. The van der Waals surface area contributed by atoms with E-state index in [1.54, 1.807) is 40.1 Å². The van der Waals surface area contributed by atoms with E-state index in [0.717, 1.165) is 16.9 Å². The molecule has 1 aliphatic heterocycles. The summed E-state index contributed by atoms with van der Waals surface area (Å²) in [4.78, 5) is 20.6. The molecule has 29 heavy (non-hydrogen) atoms. The van der Waals surface area contributed by atoms with Crippen LogP contribution in [0.1, 0.15) is 18.5 Å². The van der Waals surface area contributed by atoms with Crippen LogP contribution in [0.3, 0.4) is 0 Å². The lowest BCUT2D eigenvalue weighted by Gasteiger charge is -2.26. The number of carbonyl (C=O) groups excluding carboxylic acids is 1. The molecule has 0 bridgehead atoms. The zero-order chi connectivity index (χ0) is 20.5. The number of hydrogen-bond acceptors (Lipinski definition) is 1. The Hall–Kier alpha value is -3.00. The Bertz CT molecular complexity index is 1090. The molecule has 0 radical (unpaired) electrons. The van der Waals surface area contributed by atoms with Gasteiger partial charge in [0.15, 0.2) is 5.69 Å². The van der Waals surface area contributed by atoms with Gasteiger partial charge in [-0.3, -0.25) is 9.80 Å². The zero-order valence-corrected chi connectivity index (χ0v) is 17.1. The predicted molar refractivity (Wildman–Crippen MR) is 118 cm³/mol. The van der Waals surface area contributed by atoms with Gasteiger partial charge in [-0.1, -0.05) is 47.5 Å². The van der Waals surface area contributed by atoms with Crippen LogP contribution in [0.15, 0.2) is 72.8 Å². The highest BCUT2D eigenvalue weighted by Crippen LogP contribution is 2.42. The average molecular weight is 422 g/mol. The maximum atomic E-state index is 13.6. The molecule has 0 aromatic heterocycles. The van der Waals surface area contributed by atoms with Crippen molar-refractivity contribution in [3.8, 4) is 0 Å². The van der Waals surface area contributed by atoms with Crippen molar-refractivity contribution in [2.45, 2.75) is 19.0 Å². The van der Waals surface area contributed by atoms with E-state index < -0.39 is 0 Å². The summed E-state index contributed by atoms with van der Waals surface area (Å²) in [6.07, 6.45) is 0. The van der Waals surface area contributed by atoms with E-state index in [0.29, 0.717) is 15.7 Å². The molecule has 4 rings (SSSR count). The van der Waals surface area contributed by atoms with Crippen LogP contribution in [-0.2, 0) is 0 Å². The van der Waals surface area contributed by atoms with E-state index in [1.807, 2.05) is 49.4 Å². The number of rotatable bonds is 3. The molecule has 0 aliphatic carbocycles. The monoisotopic (exact) mass is 421 g/mol. The largest absolute Gasteiger partial charge is 0.329 e. The minimum Gasteiger partial charge on any atom is -0.289 e. The van der Waals surface area contributed by atoms with E-state index >= 15 is 0 Å². The average Bonchev–Trinajstić information content (AvgIpc) is 2.99. The van der Waals surface area contributed by atoms with E-state index in [1.165, 1.54) is 0 Å². The second-order valence-electron chi connectivity index (χ2n) is 6.87. The number of anilines is 2. The highest BCUT2D eigenvalue weighted by molar-refractivity contribution is 6.31. The summed E-state index contributed by atoms with van der Waals surface area (Å²) in [5.41, 5.74) is 2.98. The molecular weight excluding hydrogens is 405 g/mol. The number of nitrogens with zero attached hydrogens (tertiary/aromatic N) is 3. The summed E-state index contributed by atoms with van der Waals surface area (Å²) < 4.78 is 0. The maximum Gasteiger partial charge on any atom is 0.329 e. The molecule has 2 atom stereocenters. The molecule has 3 aromatic rings.